The molecule has 6 aromatic rings. The van der Waals surface area contributed by atoms with Crippen LogP contribution >= 0.6 is 0 Å². The van der Waals surface area contributed by atoms with E-state index in [0.29, 0.717) is 45.1 Å². The van der Waals surface area contributed by atoms with Crippen molar-refractivity contribution in [2.24, 2.45) is 5.73 Å². The number of fused-ring (bicyclic) bond motifs is 1. The molecule has 0 saturated carbocycles. The Morgan fingerprint density at radius 2 is 1.81 bits per heavy atom. The Balaban J connectivity index is 1.24. The van der Waals surface area contributed by atoms with Crippen molar-refractivity contribution >= 4 is 34.5 Å². The van der Waals surface area contributed by atoms with Gasteiger partial charge in [-0.25, -0.2) is 9.97 Å². The highest BCUT2D eigenvalue weighted by atomic mass is 16.3. The minimum absolute atomic E-state index is 0.0162. The normalized spacial score (nSPS) is 10.6. The van der Waals surface area contributed by atoms with Gasteiger partial charge in [0, 0.05) is 58.8 Å². The number of phenolic OH excluding ortho intramolecular Hbond substituents is 1. The molecule has 0 saturated heterocycles. The number of hydrogen-bond acceptors (Lipinski definition) is 6. The van der Waals surface area contributed by atoms with Gasteiger partial charge in [-0.2, -0.15) is 0 Å². The monoisotopic (exact) mass is 567 g/mol. The molecule has 0 fully saturated rings. The number of rotatable bonds is 6. The number of amides is 2. The third-order valence-corrected chi connectivity index (χ3v) is 6.75. The largest absolute Gasteiger partial charge is 0.508 e. The lowest BCUT2D eigenvalue weighted by atomic mass is 10.0. The van der Waals surface area contributed by atoms with E-state index >= 15 is 0 Å². The van der Waals surface area contributed by atoms with Crippen molar-refractivity contribution in [2.75, 3.05) is 10.6 Å². The number of pyridine rings is 1. The van der Waals surface area contributed by atoms with Gasteiger partial charge in [0.2, 0.25) is 5.91 Å². The molecule has 0 radical (unpaired) electrons. The second-order valence-electron chi connectivity index (χ2n) is 9.77. The average Bonchev–Trinajstić information content (AvgIpc) is 3.68. The summed E-state index contributed by atoms with van der Waals surface area (Å²) in [7, 11) is 0. The van der Waals surface area contributed by atoms with Gasteiger partial charge in [-0.3, -0.25) is 14.0 Å². The number of carbonyl (C=O) groups is 2. The van der Waals surface area contributed by atoms with Crippen LogP contribution in [0, 0.1) is 18.8 Å². The zero-order valence-corrected chi connectivity index (χ0v) is 22.9. The van der Waals surface area contributed by atoms with Crippen LogP contribution in [0.1, 0.15) is 37.5 Å². The van der Waals surface area contributed by atoms with Gasteiger partial charge in [0.15, 0.2) is 5.65 Å². The molecule has 3 aromatic carbocycles. The molecule has 0 spiro atoms. The van der Waals surface area contributed by atoms with Crippen molar-refractivity contribution in [3.05, 3.63) is 132 Å². The molecular formula is C33H25N7O3. The molecule has 3 heterocycles. The second-order valence-corrected chi connectivity index (χ2v) is 9.77. The topological polar surface area (TPSA) is 140 Å². The summed E-state index contributed by atoms with van der Waals surface area (Å²) in [6.45, 7) is 1.93. The maximum absolute atomic E-state index is 13.1. The molecule has 0 aliphatic rings. The number of aryl methyl sites for hydroxylation is 1. The number of nitrogens with two attached hydrogens (primary N) is 1. The maximum Gasteiger partial charge on any atom is 0.255 e. The fraction of sp³-hybridized carbons (Fsp3) is 0.0303. The highest BCUT2D eigenvalue weighted by molar-refractivity contribution is 6.04. The number of carbonyl (C=O) groups excluding carboxylic acids is 2. The maximum atomic E-state index is 13.1. The number of nitrogens with zero attached hydrogens (tertiary/aromatic N) is 4. The van der Waals surface area contributed by atoms with Gasteiger partial charge < -0.3 is 26.0 Å². The van der Waals surface area contributed by atoms with Crippen LogP contribution in [0.15, 0.2) is 104 Å². The first-order valence-corrected chi connectivity index (χ1v) is 13.2. The van der Waals surface area contributed by atoms with E-state index in [1.807, 2.05) is 41.8 Å². The summed E-state index contributed by atoms with van der Waals surface area (Å²) in [5, 5.41) is 16.3. The van der Waals surface area contributed by atoms with Crippen molar-refractivity contribution in [3.8, 4) is 23.3 Å². The van der Waals surface area contributed by atoms with Crippen LogP contribution in [-0.4, -0.2) is 35.9 Å². The van der Waals surface area contributed by atoms with Gasteiger partial charge in [0.25, 0.3) is 5.91 Å². The van der Waals surface area contributed by atoms with Gasteiger partial charge in [0.1, 0.15) is 11.4 Å². The predicted molar refractivity (Wildman–Crippen MR) is 164 cm³/mol. The molecular weight excluding hydrogens is 542 g/mol. The van der Waals surface area contributed by atoms with Gasteiger partial charge >= 0.3 is 0 Å². The number of benzene rings is 3. The third kappa shape index (κ3) is 5.77. The Labute approximate surface area is 246 Å². The molecule has 2 amide bonds. The first-order chi connectivity index (χ1) is 20.8. The molecule has 10 nitrogen and oxygen atoms in total. The minimum atomic E-state index is -0.504. The second kappa shape index (κ2) is 11.3. The molecule has 0 unspecified atom stereocenters. The summed E-state index contributed by atoms with van der Waals surface area (Å²) in [6, 6.07) is 20.8. The highest BCUT2D eigenvalue weighted by Gasteiger charge is 2.11. The van der Waals surface area contributed by atoms with Crippen LogP contribution in [0.2, 0.25) is 0 Å². The Morgan fingerprint density at radius 3 is 2.63 bits per heavy atom. The molecule has 0 aliphatic heterocycles. The summed E-state index contributed by atoms with van der Waals surface area (Å²) in [6.07, 6.45) is 8.53. The smallest absolute Gasteiger partial charge is 0.255 e. The number of anilines is 3. The van der Waals surface area contributed by atoms with Crippen molar-refractivity contribution in [1.82, 2.24) is 18.9 Å². The van der Waals surface area contributed by atoms with E-state index in [2.05, 4.69) is 32.4 Å². The number of primary amides is 1. The summed E-state index contributed by atoms with van der Waals surface area (Å²) in [4.78, 5) is 33.3. The molecule has 0 bridgehead atoms. The van der Waals surface area contributed by atoms with Crippen LogP contribution < -0.4 is 16.4 Å². The van der Waals surface area contributed by atoms with E-state index < -0.39 is 5.91 Å². The standard InChI is InChI=1S/C33H25N7O3/c1-21-7-8-24(33(43)38-26-16-28(18-29(41)17-26)39-13-11-35-20-39)14-22(21)9-10-27-19-36-32-30(6-3-12-40(27)32)37-25-5-2-4-23(15-25)31(34)42/h2-8,11-20,37,41H,1H3,(H2,34,42)(H,38,43). The van der Waals surface area contributed by atoms with Crippen molar-refractivity contribution in [1.29, 1.82) is 0 Å². The van der Waals surface area contributed by atoms with E-state index in [1.165, 1.54) is 6.07 Å². The highest BCUT2D eigenvalue weighted by Crippen LogP contribution is 2.24. The fourth-order valence-electron chi connectivity index (χ4n) is 4.57. The number of phenols is 1. The van der Waals surface area contributed by atoms with E-state index in [9.17, 15) is 14.7 Å². The number of hydrogen-bond donors (Lipinski definition) is 4. The van der Waals surface area contributed by atoms with E-state index in [-0.39, 0.29) is 11.7 Å². The first-order valence-electron chi connectivity index (χ1n) is 13.2. The predicted octanol–water partition coefficient (Wildman–Crippen LogP) is 5.03. The number of imidazole rings is 2. The third-order valence-electron chi connectivity index (χ3n) is 6.75. The lowest BCUT2D eigenvalue weighted by molar-refractivity contribution is 0.0997. The zero-order chi connectivity index (χ0) is 29.9. The Kier molecular flexibility index (Phi) is 7.04. The summed E-state index contributed by atoms with van der Waals surface area (Å²) < 4.78 is 3.59. The van der Waals surface area contributed by atoms with Crippen LogP contribution in [0.4, 0.5) is 17.1 Å². The van der Waals surface area contributed by atoms with Crippen molar-refractivity contribution in [2.45, 2.75) is 6.92 Å². The van der Waals surface area contributed by atoms with Gasteiger partial charge in [0.05, 0.1) is 23.9 Å². The van der Waals surface area contributed by atoms with Crippen LogP contribution in [0.25, 0.3) is 11.3 Å². The fourth-order valence-corrected chi connectivity index (χ4v) is 4.57. The Hall–Kier alpha value is -6.34. The van der Waals surface area contributed by atoms with Crippen LogP contribution in [0.5, 0.6) is 5.75 Å². The van der Waals surface area contributed by atoms with Crippen molar-refractivity contribution in [3.63, 3.8) is 0 Å². The Morgan fingerprint density at radius 1 is 0.930 bits per heavy atom. The van der Waals surface area contributed by atoms with E-state index in [4.69, 9.17) is 5.73 Å². The van der Waals surface area contributed by atoms with Crippen molar-refractivity contribution < 1.29 is 14.7 Å². The summed E-state index contributed by atoms with van der Waals surface area (Å²) in [5.74, 6) is 5.53. The molecule has 6 rings (SSSR count). The molecule has 210 valence electrons. The first kappa shape index (κ1) is 26.9. The molecule has 43 heavy (non-hydrogen) atoms. The molecule has 0 atom stereocenters. The number of nitrogens with one attached hydrogen (secondary N) is 2. The van der Waals surface area contributed by atoms with E-state index in [1.54, 1.807) is 71.9 Å². The molecule has 3 aromatic heterocycles. The van der Waals surface area contributed by atoms with Gasteiger partial charge in [-0.05, 0) is 66.9 Å². The number of aromatic hydroxyl groups is 1. The summed E-state index contributed by atoms with van der Waals surface area (Å²) in [5.41, 5.74) is 11.7. The Bertz CT molecular complexity index is 2070. The van der Waals surface area contributed by atoms with Crippen LogP contribution in [-0.2, 0) is 0 Å². The van der Waals surface area contributed by atoms with Crippen LogP contribution in [0.3, 0.4) is 0 Å². The lowest BCUT2D eigenvalue weighted by Gasteiger charge is -2.10. The molecule has 5 N–H and O–H groups in total. The summed E-state index contributed by atoms with van der Waals surface area (Å²) >= 11 is 0. The molecule has 10 heteroatoms. The zero-order valence-electron chi connectivity index (χ0n) is 22.9. The van der Waals surface area contributed by atoms with Gasteiger partial charge in [-0.1, -0.05) is 18.1 Å². The minimum Gasteiger partial charge on any atom is -0.508 e. The quantitative estimate of drug-likeness (QED) is 0.208. The average molecular weight is 568 g/mol. The molecule has 0 aliphatic carbocycles. The van der Waals surface area contributed by atoms with E-state index in [0.717, 1.165) is 11.3 Å². The SMILES string of the molecule is Cc1ccc(C(=O)Nc2cc(O)cc(-n3ccnc3)c2)cc1C#Cc1cnc2c(Nc3cccc(C(N)=O)c3)cccn12. The van der Waals surface area contributed by atoms with Gasteiger partial charge in [-0.15, -0.1) is 0 Å². The number of aromatic nitrogens is 4. The lowest BCUT2D eigenvalue weighted by Crippen LogP contribution is -2.12.